The van der Waals surface area contributed by atoms with Crippen LogP contribution >= 0.6 is 0 Å². The van der Waals surface area contributed by atoms with Crippen molar-refractivity contribution in [3.8, 4) is 5.75 Å². The minimum Gasteiger partial charge on any atom is -0.492 e. The van der Waals surface area contributed by atoms with E-state index in [-0.39, 0.29) is 11.8 Å². The fraction of sp³-hybridized carbons (Fsp3) is 0.438. The number of rotatable bonds is 6. The molecule has 1 N–H and O–H groups in total. The molecular weight excluding hydrogens is 298 g/mol. The van der Waals surface area contributed by atoms with Crippen molar-refractivity contribution >= 4 is 5.97 Å². The number of hydrogen-bond acceptors (Lipinski definition) is 5. The first-order chi connectivity index (χ1) is 11.1. The molecule has 0 aliphatic carbocycles. The second kappa shape index (κ2) is 6.78. The Morgan fingerprint density at radius 1 is 1.43 bits per heavy atom. The number of carboxylic acids is 1. The summed E-state index contributed by atoms with van der Waals surface area (Å²) in [5, 5.41) is 17.0. The van der Waals surface area contributed by atoms with Gasteiger partial charge in [-0.05, 0) is 31.9 Å². The van der Waals surface area contributed by atoms with Crippen LogP contribution in [0.3, 0.4) is 0 Å². The Labute approximate surface area is 133 Å². The van der Waals surface area contributed by atoms with Gasteiger partial charge in [-0.1, -0.05) is 22.9 Å². The van der Waals surface area contributed by atoms with Gasteiger partial charge in [0.15, 0.2) is 5.69 Å². The first-order valence-electron chi connectivity index (χ1n) is 7.63. The lowest BCUT2D eigenvalue weighted by atomic mass is 10.1. The summed E-state index contributed by atoms with van der Waals surface area (Å²) in [6.07, 6.45) is 1.44. The van der Waals surface area contributed by atoms with Gasteiger partial charge in [-0.15, -0.1) is 5.10 Å². The highest BCUT2D eigenvalue weighted by Crippen LogP contribution is 2.30. The molecule has 23 heavy (non-hydrogen) atoms. The largest absolute Gasteiger partial charge is 0.492 e. The Morgan fingerprint density at radius 2 is 2.22 bits per heavy atom. The number of ether oxygens (including phenoxy) is 2. The van der Waals surface area contributed by atoms with Crippen molar-refractivity contribution < 1.29 is 19.4 Å². The number of aromatic nitrogens is 3. The molecule has 1 aliphatic heterocycles. The molecule has 0 radical (unpaired) electrons. The van der Waals surface area contributed by atoms with E-state index >= 15 is 0 Å². The van der Waals surface area contributed by atoms with Crippen molar-refractivity contribution in [3.63, 3.8) is 0 Å². The van der Waals surface area contributed by atoms with Crippen LogP contribution in [0.5, 0.6) is 5.75 Å². The predicted molar refractivity (Wildman–Crippen MR) is 81.6 cm³/mol. The lowest BCUT2D eigenvalue weighted by Crippen LogP contribution is -2.16. The van der Waals surface area contributed by atoms with Gasteiger partial charge in [0, 0.05) is 6.61 Å². The lowest BCUT2D eigenvalue weighted by Gasteiger charge is -2.13. The van der Waals surface area contributed by atoms with E-state index in [1.165, 1.54) is 5.56 Å². The molecule has 0 bridgehead atoms. The van der Waals surface area contributed by atoms with E-state index in [1.807, 2.05) is 31.2 Å². The number of nitrogens with zero attached hydrogens (tertiary/aromatic N) is 3. The number of hydrogen-bond donors (Lipinski definition) is 1. The van der Waals surface area contributed by atoms with E-state index in [9.17, 15) is 9.90 Å². The summed E-state index contributed by atoms with van der Waals surface area (Å²) < 4.78 is 12.9. The smallest absolute Gasteiger partial charge is 0.358 e. The van der Waals surface area contributed by atoms with Crippen LogP contribution in [0.2, 0.25) is 0 Å². The Kier molecular flexibility index (Phi) is 4.57. The fourth-order valence-corrected chi connectivity index (χ4v) is 2.63. The van der Waals surface area contributed by atoms with Crippen molar-refractivity contribution in [2.45, 2.75) is 32.4 Å². The topological polar surface area (TPSA) is 86.5 Å². The third kappa shape index (κ3) is 3.50. The van der Waals surface area contributed by atoms with Gasteiger partial charge >= 0.3 is 5.97 Å². The van der Waals surface area contributed by atoms with Gasteiger partial charge in [-0.2, -0.15) is 0 Å². The zero-order valence-electron chi connectivity index (χ0n) is 12.9. The van der Waals surface area contributed by atoms with Crippen molar-refractivity contribution in [2.75, 3.05) is 13.2 Å². The molecule has 2 heterocycles. The summed E-state index contributed by atoms with van der Waals surface area (Å²) in [5.74, 6) is -0.311. The van der Waals surface area contributed by atoms with Crippen molar-refractivity contribution in [1.29, 1.82) is 0 Å². The van der Waals surface area contributed by atoms with E-state index in [0.717, 1.165) is 18.6 Å². The van der Waals surface area contributed by atoms with Crippen LogP contribution in [0.25, 0.3) is 0 Å². The lowest BCUT2D eigenvalue weighted by molar-refractivity contribution is 0.0671. The van der Waals surface area contributed by atoms with E-state index < -0.39 is 5.97 Å². The molecule has 1 saturated heterocycles. The summed E-state index contributed by atoms with van der Waals surface area (Å²) in [6, 6.07) is 7.76. The summed E-state index contributed by atoms with van der Waals surface area (Å²) in [6.45, 7) is 3.45. The maximum absolute atomic E-state index is 11.3. The van der Waals surface area contributed by atoms with Crippen LogP contribution < -0.4 is 4.74 Å². The van der Waals surface area contributed by atoms with E-state index in [1.54, 1.807) is 4.68 Å². The van der Waals surface area contributed by atoms with Crippen LogP contribution in [-0.2, 0) is 11.3 Å². The van der Waals surface area contributed by atoms with Crippen molar-refractivity contribution in [2.24, 2.45) is 0 Å². The highest BCUT2D eigenvalue weighted by Gasteiger charge is 2.29. The van der Waals surface area contributed by atoms with Gasteiger partial charge in [-0.25, -0.2) is 9.48 Å². The highest BCUT2D eigenvalue weighted by atomic mass is 16.5. The van der Waals surface area contributed by atoms with Gasteiger partial charge in [0.2, 0.25) is 0 Å². The second-order valence-corrected chi connectivity index (χ2v) is 5.51. The number of aromatic carboxylic acids is 1. The summed E-state index contributed by atoms with van der Waals surface area (Å²) in [4.78, 5) is 11.3. The monoisotopic (exact) mass is 317 g/mol. The zero-order chi connectivity index (χ0) is 16.2. The molecule has 1 unspecified atom stereocenters. The SMILES string of the molecule is Cc1ccc(OCCn2nnc(C(=O)O)c2C2CCCO2)cc1. The third-order valence-corrected chi connectivity index (χ3v) is 3.80. The molecule has 1 aliphatic rings. The summed E-state index contributed by atoms with van der Waals surface area (Å²) in [7, 11) is 0. The second-order valence-electron chi connectivity index (χ2n) is 5.51. The minimum atomic E-state index is -1.08. The van der Waals surface area contributed by atoms with Crippen LogP contribution in [0.15, 0.2) is 24.3 Å². The molecule has 122 valence electrons. The summed E-state index contributed by atoms with van der Waals surface area (Å²) in [5.41, 5.74) is 1.66. The van der Waals surface area contributed by atoms with Crippen LogP contribution in [0.4, 0.5) is 0 Å². The predicted octanol–water partition coefficient (Wildman–Crippen LogP) is 2.22. The highest BCUT2D eigenvalue weighted by molar-refractivity contribution is 5.86. The first-order valence-corrected chi connectivity index (χ1v) is 7.63. The van der Waals surface area contributed by atoms with Crippen LogP contribution in [0.1, 0.15) is 40.7 Å². The Bertz CT molecular complexity index is 675. The molecule has 7 heteroatoms. The maximum atomic E-state index is 11.3. The number of benzene rings is 1. The Hall–Kier alpha value is -2.41. The van der Waals surface area contributed by atoms with E-state index in [4.69, 9.17) is 9.47 Å². The Balaban J connectivity index is 1.69. The van der Waals surface area contributed by atoms with Crippen LogP contribution in [0, 0.1) is 6.92 Å². The molecule has 0 amide bonds. The standard InChI is InChI=1S/C16H19N3O4/c1-11-4-6-12(7-5-11)22-10-8-19-15(13-3-2-9-23-13)14(16(20)21)17-18-19/h4-7,13H,2-3,8-10H2,1H3,(H,20,21). The fourth-order valence-electron chi connectivity index (χ4n) is 2.63. The molecule has 2 aromatic rings. The number of carbonyl (C=O) groups is 1. The minimum absolute atomic E-state index is 0.0350. The van der Waals surface area contributed by atoms with E-state index in [0.29, 0.717) is 25.5 Å². The first kappa shape index (κ1) is 15.5. The maximum Gasteiger partial charge on any atom is 0.358 e. The number of aryl methyl sites for hydroxylation is 1. The molecule has 1 fully saturated rings. The molecule has 0 spiro atoms. The van der Waals surface area contributed by atoms with Gasteiger partial charge in [0.25, 0.3) is 0 Å². The van der Waals surface area contributed by atoms with Gasteiger partial charge in [0.1, 0.15) is 24.2 Å². The third-order valence-electron chi connectivity index (χ3n) is 3.80. The molecule has 1 aromatic carbocycles. The molecule has 3 rings (SSSR count). The molecule has 1 aromatic heterocycles. The van der Waals surface area contributed by atoms with Gasteiger partial charge in [-0.3, -0.25) is 0 Å². The van der Waals surface area contributed by atoms with Gasteiger partial charge in [0.05, 0.1) is 6.54 Å². The zero-order valence-corrected chi connectivity index (χ0v) is 12.9. The van der Waals surface area contributed by atoms with Gasteiger partial charge < -0.3 is 14.6 Å². The molecular formula is C16H19N3O4. The average Bonchev–Trinajstić information content (AvgIpc) is 3.18. The average molecular weight is 317 g/mol. The van der Waals surface area contributed by atoms with Crippen molar-refractivity contribution in [3.05, 3.63) is 41.2 Å². The van der Waals surface area contributed by atoms with Crippen LogP contribution in [-0.4, -0.2) is 39.3 Å². The normalized spacial score (nSPS) is 17.3. The van der Waals surface area contributed by atoms with Crippen molar-refractivity contribution in [1.82, 2.24) is 15.0 Å². The number of carboxylic acid groups (broad SMARTS) is 1. The van der Waals surface area contributed by atoms with E-state index in [2.05, 4.69) is 10.3 Å². The summed E-state index contributed by atoms with van der Waals surface area (Å²) >= 11 is 0. The Morgan fingerprint density at radius 3 is 2.87 bits per heavy atom. The molecule has 0 saturated carbocycles. The molecule has 1 atom stereocenters. The molecule has 7 nitrogen and oxygen atoms in total. The quantitative estimate of drug-likeness (QED) is 0.879.